The van der Waals surface area contributed by atoms with Gasteiger partial charge >= 0.3 is 0 Å². The van der Waals surface area contributed by atoms with Crippen LogP contribution >= 0.6 is 22.6 Å². The van der Waals surface area contributed by atoms with Gasteiger partial charge in [-0.15, -0.1) is 0 Å². The van der Waals surface area contributed by atoms with Gasteiger partial charge in [0.15, 0.2) is 0 Å². The summed E-state index contributed by atoms with van der Waals surface area (Å²) in [6.45, 7) is 13.8. The van der Waals surface area contributed by atoms with Crippen molar-refractivity contribution in [2.45, 2.75) is 119 Å². The fourth-order valence-electron chi connectivity index (χ4n) is 6.50. The lowest BCUT2D eigenvalue weighted by Crippen LogP contribution is -2.62. The molecule has 1 spiro atoms. The SMILES string of the molecule is [B]C1(C(C)CC)CCCCC2C(CCC(C)(I)C1)CC1(COC1)N2C(C)C. The molecule has 1 aliphatic carbocycles. The number of hydrogen-bond acceptors (Lipinski definition) is 2. The molecule has 0 N–H and O–H groups in total. The number of rotatable bonds is 3. The molecule has 27 heavy (non-hydrogen) atoms. The number of fused-ring (bicyclic) bond motifs is 1. The van der Waals surface area contributed by atoms with E-state index >= 15 is 0 Å². The predicted octanol–water partition coefficient (Wildman–Crippen LogP) is 6.17. The number of hydrogen-bond donors (Lipinski definition) is 0. The standard InChI is InChI=1S/C23H41BINO/c1-6-18(4)23(24)11-8-7-9-20-19(10-12-21(5,25)14-23)13-22(15-27-16-22)26(20)17(2)3/h17-20H,6-16H2,1-5H3. The van der Waals surface area contributed by atoms with Gasteiger partial charge in [-0.1, -0.05) is 74.4 Å². The predicted molar refractivity (Wildman–Crippen MR) is 125 cm³/mol. The van der Waals surface area contributed by atoms with Crippen molar-refractivity contribution in [3.63, 3.8) is 0 Å². The smallest absolute Gasteiger partial charge is 0.0750 e. The average molecular weight is 485 g/mol. The van der Waals surface area contributed by atoms with Crippen LogP contribution in [0.25, 0.3) is 0 Å². The van der Waals surface area contributed by atoms with Crippen molar-refractivity contribution in [2.75, 3.05) is 13.2 Å². The van der Waals surface area contributed by atoms with Crippen molar-refractivity contribution in [1.82, 2.24) is 4.90 Å². The summed E-state index contributed by atoms with van der Waals surface area (Å²) in [6, 6.07) is 1.36. The van der Waals surface area contributed by atoms with Crippen LogP contribution < -0.4 is 0 Å². The molecule has 0 aromatic carbocycles. The van der Waals surface area contributed by atoms with Crippen molar-refractivity contribution < 1.29 is 4.74 Å². The maximum absolute atomic E-state index is 7.06. The van der Waals surface area contributed by atoms with E-state index in [0.717, 1.165) is 31.6 Å². The van der Waals surface area contributed by atoms with Crippen LogP contribution in [0.2, 0.25) is 5.31 Å². The maximum atomic E-state index is 7.06. The number of halogens is 1. The highest BCUT2D eigenvalue weighted by Crippen LogP contribution is 2.53. The zero-order valence-electron chi connectivity index (χ0n) is 18.4. The zero-order chi connectivity index (χ0) is 19.9. The highest BCUT2D eigenvalue weighted by Gasteiger charge is 2.56. The van der Waals surface area contributed by atoms with Crippen LogP contribution in [-0.4, -0.2) is 47.0 Å². The fourth-order valence-corrected chi connectivity index (χ4v) is 7.52. The van der Waals surface area contributed by atoms with Gasteiger partial charge in [-0.2, -0.15) is 0 Å². The molecule has 3 fully saturated rings. The number of nitrogens with zero attached hydrogens (tertiary/aromatic N) is 1. The summed E-state index contributed by atoms with van der Waals surface area (Å²) in [5.74, 6) is 1.44. The highest BCUT2D eigenvalue weighted by atomic mass is 127. The van der Waals surface area contributed by atoms with Gasteiger partial charge < -0.3 is 4.74 Å². The molecular weight excluding hydrogens is 444 g/mol. The largest absolute Gasteiger partial charge is 0.377 e. The normalized spacial score (nSPS) is 41.7. The molecule has 3 aliphatic rings. The molecule has 154 valence electrons. The molecule has 3 rings (SSSR count). The van der Waals surface area contributed by atoms with Crippen LogP contribution in [0.1, 0.15) is 92.4 Å². The summed E-state index contributed by atoms with van der Waals surface area (Å²) in [4.78, 5) is 2.87. The van der Waals surface area contributed by atoms with E-state index in [2.05, 4.69) is 62.1 Å². The van der Waals surface area contributed by atoms with Crippen molar-refractivity contribution in [1.29, 1.82) is 0 Å². The van der Waals surface area contributed by atoms with Gasteiger partial charge in [0, 0.05) is 15.5 Å². The summed E-state index contributed by atoms with van der Waals surface area (Å²) >= 11 is 2.74. The first-order chi connectivity index (χ1) is 12.6. The maximum Gasteiger partial charge on any atom is 0.0750 e. The average Bonchev–Trinajstić information content (AvgIpc) is 2.89. The van der Waals surface area contributed by atoms with E-state index in [0.29, 0.717) is 20.9 Å². The third-order valence-electron chi connectivity index (χ3n) is 8.11. The molecule has 0 aromatic rings. The Morgan fingerprint density at radius 1 is 1.15 bits per heavy atom. The molecule has 5 atom stereocenters. The van der Waals surface area contributed by atoms with Crippen molar-refractivity contribution in [3.8, 4) is 0 Å². The van der Waals surface area contributed by atoms with E-state index in [9.17, 15) is 0 Å². The number of likely N-dealkylation sites (tertiary alicyclic amines) is 1. The van der Waals surface area contributed by atoms with Crippen LogP contribution in [0, 0.1) is 11.8 Å². The summed E-state index contributed by atoms with van der Waals surface area (Å²) in [6.07, 6.45) is 11.5. The van der Waals surface area contributed by atoms with Gasteiger partial charge in [0.05, 0.1) is 26.6 Å². The van der Waals surface area contributed by atoms with E-state index in [1.807, 2.05) is 0 Å². The molecular formula is C23H41BINO. The minimum atomic E-state index is 0.00487. The molecule has 5 unspecified atom stereocenters. The Kier molecular flexibility index (Phi) is 7.01. The first kappa shape index (κ1) is 22.4. The van der Waals surface area contributed by atoms with Crippen molar-refractivity contribution in [2.24, 2.45) is 11.8 Å². The van der Waals surface area contributed by atoms with E-state index in [4.69, 9.17) is 12.6 Å². The Morgan fingerprint density at radius 3 is 2.41 bits per heavy atom. The third kappa shape index (κ3) is 4.58. The molecule has 2 aliphatic heterocycles. The fraction of sp³-hybridized carbons (Fsp3) is 1.00. The van der Waals surface area contributed by atoms with E-state index in [1.54, 1.807) is 0 Å². The van der Waals surface area contributed by atoms with Crippen molar-refractivity contribution in [3.05, 3.63) is 0 Å². The topological polar surface area (TPSA) is 12.5 Å². The van der Waals surface area contributed by atoms with Gasteiger partial charge in [-0.3, -0.25) is 4.90 Å². The number of ether oxygens (including phenoxy) is 1. The minimum absolute atomic E-state index is 0.00487. The van der Waals surface area contributed by atoms with Crippen LogP contribution in [0.5, 0.6) is 0 Å². The lowest BCUT2D eigenvalue weighted by atomic mass is 9.54. The summed E-state index contributed by atoms with van der Waals surface area (Å²) in [5, 5.41) is 0.00487. The minimum Gasteiger partial charge on any atom is -0.377 e. The Hall–Kier alpha value is 0.715. The molecule has 2 nitrogen and oxygen atoms in total. The van der Waals surface area contributed by atoms with Crippen LogP contribution in [-0.2, 0) is 4.74 Å². The molecule has 0 bridgehead atoms. The monoisotopic (exact) mass is 485 g/mol. The van der Waals surface area contributed by atoms with Gasteiger partial charge in [0.2, 0.25) is 0 Å². The third-order valence-corrected chi connectivity index (χ3v) is 9.03. The zero-order valence-corrected chi connectivity index (χ0v) is 20.6. The lowest BCUT2D eigenvalue weighted by Gasteiger charge is -2.49. The van der Waals surface area contributed by atoms with E-state index < -0.39 is 0 Å². The summed E-state index contributed by atoms with van der Waals surface area (Å²) in [5.41, 5.74) is 0.351. The molecule has 2 heterocycles. The lowest BCUT2D eigenvalue weighted by molar-refractivity contribution is -0.141. The molecule has 0 aromatic heterocycles. The van der Waals surface area contributed by atoms with Crippen LogP contribution in [0.15, 0.2) is 0 Å². The Labute approximate surface area is 183 Å². The van der Waals surface area contributed by atoms with Gasteiger partial charge in [-0.25, -0.2) is 0 Å². The molecule has 2 saturated heterocycles. The van der Waals surface area contributed by atoms with Crippen LogP contribution in [0.3, 0.4) is 0 Å². The van der Waals surface area contributed by atoms with E-state index in [1.165, 1.54) is 51.4 Å². The Bertz CT molecular complexity index is 507. The van der Waals surface area contributed by atoms with Gasteiger partial charge in [0.1, 0.15) is 0 Å². The highest BCUT2D eigenvalue weighted by molar-refractivity contribution is 14.1. The first-order valence-electron chi connectivity index (χ1n) is 11.5. The Morgan fingerprint density at radius 2 is 1.85 bits per heavy atom. The van der Waals surface area contributed by atoms with E-state index in [-0.39, 0.29) is 5.31 Å². The second-order valence-electron chi connectivity index (χ2n) is 10.7. The van der Waals surface area contributed by atoms with Crippen molar-refractivity contribution >= 4 is 30.4 Å². The summed E-state index contributed by atoms with van der Waals surface area (Å²) in [7, 11) is 7.06. The van der Waals surface area contributed by atoms with Gasteiger partial charge in [-0.05, 0) is 57.8 Å². The quantitative estimate of drug-likeness (QED) is 0.270. The second kappa shape index (κ2) is 8.45. The van der Waals surface area contributed by atoms with Gasteiger partial charge in [0.25, 0.3) is 0 Å². The molecule has 0 amide bonds. The second-order valence-corrected chi connectivity index (χ2v) is 13.3. The first-order valence-corrected chi connectivity index (χ1v) is 12.5. The molecule has 4 heteroatoms. The Balaban J connectivity index is 1.80. The number of alkyl halides is 1. The molecule has 2 radical (unpaired) electrons. The molecule has 1 saturated carbocycles. The summed E-state index contributed by atoms with van der Waals surface area (Å²) < 4.78 is 6.03. The van der Waals surface area contributed by atoms with Crippen LogP contribution in [0.4, 0.5) is 0 Å².